The summed E-state index contributed by atoms with van der Waals surface area (Å²) in [6.07, 6.45) is 2.96. The van der Waals surface area contributed by atoms with E-state index in [-0.39, 0.29) is 11.5 Å². The van der Waals surface area contributed by atoms with Crippen LogP contribution in [0.1, 0.15) is 24.4 Å². The predicted molar refractivity (Wildman–Crippen MR) is 69.7 cm³/mol. The summed E-state index contributed by atoms with van der Waals surface area (Å²) >= 11 is 0. The van der Waals surface area contributed by atoms with Crippen LogP contribution in [0.15, 0.2) is 41.6 Å². The van der Waals surface area contributed by atoms with Gasteiger partial charge >= 0.3 is 0 Å². The van der Waals surface area contributed by atoms with E-state index < -0.39 is 16.1 Å². The van der Waals surface area contributed by atoms with Crippen LogP contribution in [0.2, 0.25) is 0 Å². The van der Waals surface area contributed by atoms with Gasteiger partial charge in [0.1, 0.15) is 0 Å². The molecule has 0 fully saturated rings. The molecule has 0 radical (unpaired) electrons. The lowest BCUT2D eigenvalue weighted by Gasteiger charge is -2.12. The fraction of sp³-hybridized carbons (Fsp3) is 0.250. The predicted octanol–water partition coefficient (Wildman–Crippen LogP) is 0.941. The zero-order valence-electron chi connectivity index (χ0n) is 10.4. The van der Waals surface area contributed by atoms with E-state index in [1.807, 2.05) is 0 Å². The highest BCUT2D eigenvalue weighted by Crippen LogP contribution is 2.15. The first-order valence-corrected chi connectivity index (χ1v) is 7.22. The number of nitrogens with one attached hydrogen (secondary N) is 2. The van der Waals surface area contributed by atoms with Gasteiger partial charge in [0, 0.05) is 18.1 Å². The highest BCUT2D eigenvalue weighted by atomic mass is 32.2. The van der Waals surface area contributed by atoms with Crippen LogP contribution >= 0.6 is 0 Å². The van der Waals surface area contributed by atoms with E-state index in [9.17, 15) is 8.42 Å². The minimum Gasteiger partial charge on any atom is -0.390 e. The molecular formula is C12H15N3O3S. The second-order valence-electron chi connectivity index (χ2n) is 4.12. The van der Waals surface area contributed by atoms with E-state index in [0.29, 0.717) is 11.4 Å². The zero-order chi connectivity index (χ0) is 13.9. The van der Waals surface area contributed by atoms with Crippen molar-refractivity contribution in [3.8, 4) is 0 Å². The van der Waals surface area contributed by atoms with Crippen LogP contribution in [0.3, 0.4) is 0 Å². The number of pyridine rings is 1. The number of rotatable bonds is 5. The van der Waals surface area contributed by atoms with Gasteiger partial charge in [-0.25, -0.2) is 13.1 Å². The number of aromatic amines is 1. The monoisotopic (exact) mass is 281 g/mol. The lowest BCUT2D eigenvalue weighted by atomic mass is 10.2. The highest BCUT2D eigenvalue weighted by Gasteiger charge is 2.20. The van der Waals surface area contributed by atoms with E-state index in [0.717, 1.165) is 0 Å². The Kier molecular flexibility index (Phi) is 3.98. The third kappa shape index (κ3) is 3.19. The average Bonchev–Trinajstić information content (AvgIpc) is 2.89. The Balaban J connectivity index is 2.17. The van der Waals surface area contributed by atoms with Gasteiger partial charge in [0.25, 0.3) is 0 Å². The maximum absolute atomic E-state index is 12.1. The normalized spacial score (nSPS) is 13.4. The molecule has 0 aromatic carbocycles. The Hall–Kier alpha value is -1.70. The Morgan fingerprint density at radius 1 is 1.47 bits per heavy atom. The second kappa shape index (κ2) is 5.52. The molecule has 2 heterocycles. The quantitative estimate of drug-likeness (QED) is 0.760. The SMILES string of the molecule is CC(NS(=O)(=O)c1c[nH]c(CO)c1)c1ccccn1. The summed E-state index contributed by atoms with van der Waals surface area (Å²) in [5, 5.41) is 8.92. The molecule has 2 aromatic rings. The fourth-order valence-electron chi connectivity index (χ4n) is 1.66. The van der Waals surface area contributed by atoms with Gasteiger partial charge in [0.15, 0.2) is 0 Å². The molecule has 0 saturated carbocycles. The maximum atomic E-state index is 12.1. The van der Waals surface area contributed by atoms with Gasteiger partial charge in [-0.05, 0) is 25.1 Å². The summed E-state index contributed by atoms with van der Waals surface area (Å²) in [4.78, 5) is 6.89. The lowest BCUT2D eigenvalue weighted by Crippen LogP contribution is -2.27. The Morgan fingerprint density at radius 2 is 2.26 bits per heavy atom. The van der Waals surface area contributed by atoms with Gasteiger partial charge in [-0.1, -0.05) is 6.07 Å². The van der Waals surface area contributed by atoms with Crippen molar-refractivity contribution in [2.45, 2.75) is 24.5 Å². The Bertz CT molecular complexity index is 637. The molecule has 19 heavy (non-hydrogen) atoms. The number of sulfonamides is 1. The van der Waals surface area contributed by atoms with Crippen LogP contribution in [0.25, 0.3) is 0 Å². The molecule has 0 saturated heterocycles. The molecule has 6 nitrogen and oxygen atoms in total. The molecule has 0 aliphatic carbocycles. The molecule has 1 atom stereocenters. The van der Waals surface area contributed by atoms with Gasteiger partial charge < -0.3 is 10.1 Å². The van der Waals surface area contributed by atoms with Gasteiger partial charge in [-0.15, -0.1) is 0 Å². The second-order valence-corrected chi connectivity index (χ2v) is 5.83. The van der Waals surface area contributed by atoms with Crippen molar-refractivity contribution in [3.63, 3.8) is 0 Å². The molecule has 1 unspecified atom stereocenters. The van der Waals surface area contributed by atoms with Crippen LogP contribution < -0.4 is 4.72 Å². The summed E-state index contributed by atoms with van der Waals surface area (Å²) in [6.45, 7) is 1.49. The van der Waals surface area contributed by atoms with Crippen molar-refractivity contribution < 1.29 is 13.5 Å². The first-order valence-electron chi connectivity index (χ1n) is 5.74. The molecule has 0 aliphatic rings. The van der Waals surface area contributed by atoms with E-state index in [2.05, 4.69) is 14.7 Å². The van der Waals surface area contributed by atoms with E-state index >= 15 is 0 Å². The van der Waals surface area contributed by atoms with Gasteiger partial charge in [-0.3, -0.25) is 4.98 Å². The van der Waals surface area contributed by atoms with Crippen molar-refractivity contribution in [1.82, 2.24) is 14.7 Å². The smallest absolute Gasteiger partial charge is 0.242 e. The number of aliphatic hydroxyl groups excluding tert-OH is 1. The first kappa shape index (κ1) is 13.7. The molecule has 3 N–H and O–H groups in total. The molecular weight excluding hydrogens is 266 g/mol. The topological polar surface area (TPSA) is 95.1 Å². The van der Waals surface area contributed by atoms with E-state index in [1.165, 1.54) is 12.3 Å². The fourth-order valence-corrected chi connectivity index (χ4v) is 2.89. The van der Waals surface area contributed by atoms with Crippen LogP contribution in [0.4, 0.5) is 0 Å². The number of hydrogen-bond donors (Lipinski definition) is 3. The van der Waals surface area contributed by atoms with Gasteiger partial charge in [0.2, 0.25) is 10.0 Å². The Morgan fingerprint density at radius 3 is 2.84 bits per heavy atom. The highest BCUT2D eigenvalue weighted by molar-refractivity contribution is 7.89. The molecule has 2 aromatic heterocycles. The van der Waals surface area contributed by atoms with Crippen LogP contribution in [-0.4, -0.2) is 23.5 Å². The number of H-pyrrole nitrogens is 1. The zero-order valence-corrected chi connectivity index (χ0v) is 11.2. The number of hydrogen-bond acceptors (Lipinski definition) is 4. The van der Waals surface area contributed by atoms with Gasteiger partial charge in [-0.2, -0.15) is 0 Å². The molecule has 0 spiro atoms. The summed E-state index contributed by atoms with van der Waals surface area (Å²) in [6, 6.07) is 6.29. The molecule has 7 heteroatoms. The van der Waals surface area contributed by atoms with E-state index in [1.54, 1.807) is 31.3 Å². The van der Waals surface area contributed by atoms with Crippen molar-refractivity contribution in [3.05, 3.63) is 48.0 Å². The first-order chi connectivity index (χ1) is 9.03. The van der Waals surface area contributed by atoms with Crippen molar-refractivity contribution in [2.75, 3.05) is 0 Å². The standard InChI is InChI=1S/C12H15N3O3S/c1-9(12-4-2-3-5-13-12)15-19(17,18)11-6-10(8-16)14-7-11/h2-7,9,14-16H,8H2,1H3. The summed E-state index contributed by atoms with van der Waals surface area (Å²) in [5.41, 5.74) is 1.09. The van der Waals surface area contributed by atoms with E-state index in [4.69, 9.17) is 5.11 Å². The Labute approximate surface area is 111 Å². The lowest BCUT2D eigenvalue weighted by molar-refractivity contribution is 0.277. The molecule has 0 amide bonds. The third-order valence-electron chi connectivity index (χ3n) is 2.66. The molecule has 2 rings (SSSR count). The van der Waals surface area contributed by atoms with Crippen LogP contribution in [-0.2, 0) is 16.6 Å². The molecule has 0 aliphatic heterocycles. The van der Waals surface area contributed by atoms with Crippen molar-refractivity contribution >= 4 is 10.0 Å². The largest absolute Gasteiger partial charge is 0.390 e. The summed E-state index contributed by atoms with van der Waals surface area (Å²) in [5.74, 6) is 0. The minimum atomic E-state index is -3.63. The maximum Gasteiger partial charge on any atom is 0.242 e. The van der Waals surface area contributed by atoms with Crippen molar-refractivity contribution in [2.24, 2.45) is 0 Å². The third-order valence-corrected chi connectivity index (χ3v) is 4.18. The van der Waals surface area contributed by atoms with Gasteiger partial charge in [0.05, 0.1) is 23.2 Å². The molecule has 102 valence electrons. The minimum absolute atomic E-state index is 0.0966. The van der Waals surface area contributed by atoms with Crippen LogP contribution in [0, 0.1) is 0 Å². The number of nitrogens with zero attached hydrogens (tertiary/aromatic N) is 1. The summed E-state index contributed by atoms with van der Waals surface area (Å²) in [7, 11) is -3.63. The average molecular weight is 281 g/mol. The number of aromatic nitrogens is 2. The number of aliphatic hydroxyl groups is 1. The molecule has 0 bridgehead atoms. The summed E-state index contributed by atoms with van der Waals surface area (Å²) < 4.78 is 26.7. The van der Waals surface area contributed by atoms with Crippen LogP contribution in [0.5, 0.6) is 0 Å². The van der Waals surface area contributed by atoms with Crippen molar-refractivity contribution in [1.29, 1.82) is 0 Å².